The highest BCUT2D eigenvalue weighted by atomic mass is 35.5. The molecule has 2 aliphatic heterocycles. The van der Waals surface area contributed by atoms with E-state index < -0.39 is 5.54 Å². The van der Waals surface area contributed by atoms with Crippen LogP contribution in [0.4, 0.5) is 11.5 Å². The van der Waals surface area contributed by atoms with Gasteiger partial charge in [-0.15, -0.1) is 0 Å². The second-order valence-electron chi connectivity index (χ2n) is 8.18. The third-order valence-corrected chi connectivity index (χ3v) is 6.75. The molecular formula is C23H31ClN7O+3. The highest BCUT2D eigenvalue weighted by Crippen LogP contribution is 2.38. The number of benzene rings is 1. The van der Waals surface area contributed by atoms with Crippen molar-refractivity contribution >= 4 is 29.2 Å². The molecule has 0 unspecified atom stereocenters. The molecule has 2 aliphatic rings. The van der Waals surface area contributed by atoms with E-state index in [1.54, 1.807) is 6.20 Å². The van der Waals surface area contributed by atoms with Crippen LogP contribution in [0.15, 0.2) is 36.7 Å². The highest BCUT2D eigenvalue weighted by molar-refractivity contribution is 6.07. The molecule has 1 aromatic heterocycles. The number of halogens is 1. The summed E-state index contributed by atoms with van der Waals surface area (Å²) in [5, 5.41) is 7.05. The Labute approximate surface area is 192 Å². The van der Waals surface area contributed by atoms with Crippen molar-refractivity contribution in [3.8, 4) is 11.1 Å². The van der Waals surface area contributed by atoms with Crippen molar-refractivity contribution in [2.75, 3.05) is 43.9 Å². The van der Waals surface area contributed by atoms with Crippen molar-refractivity contribution in [1.29, 1.82) is 0 Å². The minimum atomic E-state index is -0.487. The number of nitrogens with one attached hydrogen (secondary N) is 4. The van der Waals surface area contributed by atoms with Crippen LogP contribution in [0, 0.1) is 11.6 Å². The van der Waals surface area contributed by atoms with Crippen molar-refractivity contribution in [3.63, 3.8) is 0 Å². The van der Waals surface area contributed by atoms with Gasteiger partial charge in [0.1, 0.15) is 18.3 Å². The number of H-pyrrole nitrogens is 1. The number of rotatable bonds is 4. The van der Waals surface area contributed by atoms with Gasteiger partial charge in [-0.25, -0.2) is 4.98 Å². The number of pyridine rings is 1. The Hall–Kier alpha value is -3.10. The third-order valence-electron chi connectivity index (χ3n) is 6.34. The van der Waals surface area contributed by atoms with E-state index in [1.807, 2.05) is 31.6 Å². The lowest BCUT2D eigenvalue weighted by atomic mass is 9.84. The number of carbonyl (C=O) groups excluding carboxylic acids is 1. The van der Waals surface area contributed by atoms with Crippen LogP contribution in [0.1, 0.15) is 18.4 Å². The van der Waals surface area contributed by atoms with Gasteiger partial charge in [-0.3, -0.25) is 15.5 Å². The Morgan fingerprint density at radius 3 is 2.59 bits per heavy atom. The van der Waals surface area contributed by atoms with Gasteiger partial charge in [0.25, 0.3) is 0 Å². The summed E-state index contributed by atoms with van der Waals surface area (Å²) in [6.07, 6.45) is 6.78. The molecule has 4 rings (SSSR count). The number of anilines is 2. The zero-order valence-corrected chi connectivity index (χ0v) is 19.0. The second-order valence-corrected chi connectivity index (χ2v) is 8.59. The maximum absolute atomic E-state index is 12.5. The molecule has 0 bridgehead atoms. The molecule has 3 heterocycles. The lowest BCUT2D eigenvalue weighted by Crippen LogP contribution is -2.66. The number of piperidine rings is 1. The Kier molecular flexibility index (Phi) is 6.34. The number of nitrogens with zero attached hydrogens (tertiary/aromatic N) is 1. The van der Waals surface area contributed by atoms with Gasteiger partial charge in [-0.1, -0.05) is 24.3 Å². The average Bonchev–Trinajstić information content (AvgIpc) is 2.82. The van der Waals surface area contributed by atoms with Crippen LogP contribution < -0.4 is 37.0 Å². The first-order valence-corrected chi connectivity index (χ1v) is 11.2. The number of hydrogen-bond donors (Lipinski definition) is 5. The predicted octanol–water partition coefficient (Wildman–Crippen LogP) is -1.41. The van der Waals surface area contributed by atoms with Crippen molar-refractivity contribution in [2.45, 2.75) is 18.4 Å². The molecule has 2 saturated heterocycles. The van der Waals surface area contributed by atoms with Crippen LogP contribution in [-0.4, -0.2) is 50.9 Å². The summed E-state index contributed by atoms with van der Waals surface area (Å²) in [6.45, 7) is 2.91. The fraction of sp³-hybridized carbons (Fsp3) is 0.348. The monoisotopic (exact) mass is 456 g/mol. The largest absolute Gasteiger partial charge is 0.404 e. The highest BCUT2D eigenvalue weighted by Gasteiger charge is 2.43. The topological polar surface area (TPSA) is 125 Å². The number of allylic oxidation sites excluding steroid dienone is 1. The summed E-state index contributed by atoms with van der Waals surface area (Å²) in [7, 11) is 1.84. The quantitative estimate of drug-likeness (QED) is 0.361. The van der Waals surface area contributed by atoms with Gasteiger partial charge in [0.05, 0.1) is 17.3 Å². The van der Waals surface area contributed by atoms with Gasteiger partial charge in [-0.2, -0.15) is 0 Å². The van der Waals surface area contributed by atoms with Crippen LogP contribution in [0.3, 0.4) is 0 Å². The lowest BCUT2D eigenvalue weighted by molar-refractivity contribution is -0.412. The predicted molar refractivity (Wildman–Crippen MR) is 124 cm³/mol. The van der Waals surface area contributed by atoms with Gasteiger partial charge in [-0.05, 0) is 24.0 Å². The SMILES string of the molecule is C[NH+]=C/C(=C\N)c1ccc(-c2c[nH+]c(N)c([ClH+])c2N2CCC3(CC2)NCCNC3=O)cc1. The van der Waals surface area contributed by atoms with E-state index in [4.69, 9.17) is 23.1 Å². The standard InChI is InChI=1S/C23H28ClN7O/c1-27-13-17(12-25)15-2-4-16(5-3-15)18-14-29-21(26)19(24)20(18)31-10-6-23(7-11-31)22(32)28-8-9-30-23/h2-5,12-14,24,30H,6-11H2,1H3,(H4-,25,26,27,28,29,32)/p+3. The van der Waals surface area contributed by atoms with Crippen molar-refractivity contribution in [2.24, 2.45) is 5.73 Å². The number of amides is 1. The summed E-state index contributed by atoms with van der Waals surface area (Å²) < 4.78 is 0. The molecule has 1 spiro atoms. The number of piperazine rings is 1. The molecule has 0 atom stereocenters. The molecule has 8 N–H and O–H groups in total. The zero-order valence-electron chi connectivity index (χ0n) is 18.2. The van der Waals surface area contributed by atoms with Gasteiger partial charge in [0.15, 0.2) is 17.8 Å². The maximum Gasteiger partial charge on any atom is 0.339 e. The van der Waals surface area contributed by atoms with E-state index in [9.17, 15) is 4.79 Å². The second kappa shape index (κ2) is 9.18. The molecule has 1 amide bonds. The molecule has 0 aliphatic carbocycles. The first-order chi connectivity index (χ1) is 15.5. The molecule has 8 nitrogen and oxygen atoms in total. The third kappa shape index (κ3) is 4.03. The van der Waals surface area contributed by atoms with E-state index >= 15 is 0 Å². The average molecular weight is 457 g/mol. The number of nitrogens with two attached hydrogens (primary N) is 2. The van der Waals surface area contributed by atoms with E-state index in [1.165, 1.54) is 0 Å². The van der Waals surface area contributed by atoms with Crippen molar-refractivity contribution in [3.05, 3.63) is 47.2 Å². The normalized spacial score (nSPS) is 18.9. The Morgan fingerprint density at radius 1 is 1.25 bits per heavy atom. The first kappa shape index (κ1) is 22.1. The number of aromatic nitrogens is 1. The minimum absolute atomic E-state index is 0.0980. The summed E-state index contributed by atoms with van der Waals surface area (Å²) in [4.78, 5) is 20.9. The maximum atomic E-state index is 12.5. The van der Waals surface area contributed by atoms with E-state index in [2.05, 4.69) is 37.6 Å². The minimum Gasteiger partial charge on any atom is -0.404 e. The fourth-order valence-electron chi connectivity index (χ4n) is 4.54. The Balaban J connectivity index is 1.65. The molecule has 2 fully saturated rings. The number of nitrogen functional groups attached to an aromatic ring is 1. The van der Waals surface area contributed by atoms with E-state index in [0.717, 1.165) is 60.4 Å². The lowest BCUT2D eigenvalue weighted by Gasteiger charge is -2.44. The molecule has 168 valence electrons. The molecule has 0 saturated carbocycles. The van der Waals surface area contributed by atoms with E-state index in [-0.39, 0.29) is 5.91 Å². The summed E-state index contributed by atoms with van der Waals surface area (Å²) in [5.41, 5.74) is 16.3. The molecular weight excluding hydrogens is 426 g/mol. The van der Waals surface area contributed by atoms with E-state index in [0.29, 0.717) is 17.4 Å². The molecule has 0 radical (unpaired) electrons. The van der Waals surface area contributed by atoms with Gasteiger partial charge in [0, 0.05) is 32.4 Å². The Morgan fingerprint density at radius 2 is 1.97 bits per heavy atom. The van der Waals surface area contributed by atoms with Crippen LogP contribution in [0.25, 0.3) is 16.7 Å². The number of aromatic amines is 1. The van der Waals surface area contributed by atoms with Gasteiger partial charge >= 0.3 is 10.8 Å². The van der Waals surface area contributed by atoms with Crippen LogP contribution in [0.2, 0.25) is 5.02 Å². The first-order valence-electron chi connectivity index (χ1n) is 10.8. The van der Waals surface area contributed by atoms with Gasteiger partial charge < -0.3 is 21.3 Å². The molecule has 9 heteroatoms. The zero-order chi connectivity index (χ0) is 22.7. The van der Waals surface area contributed by atoms with Crippen molar-refractivity contribution < 1.29 is 26.4 Å². The van der Waals surface area contributed by atoms with Crippen LogP contribution in [0.5, 0.6) is 0 Å². The molecule has 2 aromatic rings. The van der Waals surface area contributed by atoms with Crippen LogP contribution in [-0.2, 0) is 4.79 Å². The molecule has 32 heavy (non-hydrogen) atoms. The summed E-state index contributed by atoms with van der Waals surface area (Å²) in [6, 6.07) is 8.18. The summed E-state index contributed by atoms with van der Waals surface area (Å²) in [5.74, 6) is 0.571. The van der Waals surface area contributed by atoms with Gasteiger partial charge in [0.2, 0.25) is 5.91 Å². The van der Waals surface area contributed by atoms with Crippen molar-refractivity contribution in [1.82, 2.24) is 10.6 Å². The number of carbonyl (C=O) groups is 1. The summed E-state index contributed by atoms with van der Waals surface area (Å²) >= 11 is 5.72. The number of hydrogen-bond acceptors (Lipinski definition) is 5. The Bertz CT molecular complexity index is 1060. The fourth-order valence-corrected chi connectivity index (χ4v) is 4.83. The smallest absolute Gasteiger partial charge is 0.339 e. The van der Waals surface area contributed by atoms with Crippen LogP contribution >= 0.6 is 0 Å². The molecule has 1 aromatic carbocycles.